The predicted molar refractivity (Wildman–Crippen MR) is 122 cm³/mol. The molecule has 2 N–H and O–H groups in total. The normalized spacial score (nSPS) is 15.7. The molecule has 1 amide bonds. The second-order valence-electron chi connectivity index (χ2n) is 8.41. The summed E-state index contributed by atoms with van der Waals surface area (Å²) in [4.78, 5) is 18.1. The summed E-state index contributed by atoms with van der Waals surface area (Å²) in [5, 5.41) is 0. The summed E-state index contributed by atoms with van der Waals surface area (Å²) in [5.74, 6) is 0.153. The fraction of sp³-hybridized carbons (Fsp3) is 0.480. The number of carbonyl (C=O) groups excluding carboxylic acids is 1. The highest BCUT2D eigenvalue weighted by Crippen LogP contribution is 2.32. The molecule has 29 heavy (non-hydrogen) atoms. The number of amides is 1. The van der Waals surface area contributed by atoms with E-state index in [4.69, 9.17) is 5.73 Å². The van der Waals surface area contributed by atoms with Crippen molar-refractivity contribution in [1.29, 1.82) is 0 Å². The van der Waals surface area contributed by atoms with Gasteiger partial charge in [-0.15, -0.1) is 0 Å². The van der Waals surface area contributed by atoms with E-state index in [2.05, 4.69) is 34.9 Å². The van der Waals surface area contributed by atoms with E-state index < -0.39 is 0 Å². The molecule has 2 aromatic carbocycles. The van der Waals surface area contributed by atoms with E-state index in [1.54, 1.807) is 0 Å². The predicted octanol–water partition coefficient (Wildman–Crippen LogP) is 5.19. The van der Waals surface area contributed by atoms with Gasteiger partial charge in [-0.2, -0.15) is 0 Å². The number of anilines is 2. The number of nitrogen functional groups attached to an aromatic ring is 1. The zero-order valence-electron chi connectivity index (χ0n) is 18.1. The lowest BCUT2D eigenvalue weighted by Gasteiger charge is -2.37. The summed E-state index contributed by atoms with van der Waals surface area (Å²) < 4.78 is 0. The van der Waals surface area contributed by atoms with Gasteiger partial charge in [0.15, 0.2) is 0 Å². The Hall–Kier alpha value is -2.49. The molecule has 156 valence electrons. The lowest BCUT2D eigenvalue weighted by Crippen LogP contribution is -2.43. The lowest BCUT2D eigenvalue weighted by molar-refractivity contribution is -0.136. The van der Waals surface area contributed by atoms with Crippen LogP contribution in [0.5, 0.6) is 0 Å². The van der Waals surface area contributed by atoms with Gasteiger partial charge in [0.2, 0.25) is 5.91 Å². The van der Waals surface area contributed by atoms with E-state index in [9.17, 15) is 4.79 Å². The van der Waals surface area contributed by atoms with E-state index in [0.29, 0.717) is 12.6 Å². The smallest absolute Gasteiger partial charge is 0.230 e. The van der Waals surface area contributed by atoms with Crippen molar-refractivity contribution in [2.45, 2.75) is 64.0 Å². The van der Waals surface area contributed by atoms with Gasteiger partial charge in [-0.1, -0.05) is 56.5 Å². The summed E-state index contributed by atoms with van der Waals surface area (Å²) in [7, 11) is 4.08. The molecule has 1 aliphatic rings. The molecule has 1 aliphatic carbocycles. The average Bonchev–Trinajstić information content (AvgIpc) is 2.73. The molecule has 0 bridgehead atoms. The van der Waals surface area contributed by atoms with Crippen LogP contribution >= 0.6 is 0 Å². The first kappa shape index (κ1) is 21.2. The largest absolute Gasteiger partial charge is 0.399 e. The molecule has 0 aliphatic heterocycles. The van der Waals surface area contributed by atoms with Crippen molar-refractivity contribution in [3.05, 3.63) is 59.7 Å². The maximum absolute atomic E-state index is 13.8. The Morgan fingerprint density at radius 1 is 1.07 bits per heavy atom. The van der Waals surface area contributed by atoms with Crippen molar-refractivity contribution in [2.24, 2.45) is 0 Å². The van der Waals surface area contributed by atoms with Crippen molar-refractivity contribution >= 4 is 17.3 Å². The molecule has 0 aromatic heterocycles. The van der Waals surface area contributed by atoms with Crippen LogP contribution in [0.4, 0.5) is 11.4 Å². The van der Waals surface area contributed by atoms with Crippen LogP contribution in [-0.4, -0.2) is 30.9 Å². The Balaban J connectivity index is 1.95. The molecule has 1 saturated carbocycles. The number of hydrogen-bond acceptors (Lipinski definition) is 3. The summed E-state index contributed by atoms with van der Waals surface area (Å²) >= 11 is 0. The van der Waals surface area contributed by atoms with Crippen LogP contribution in [0.1, 0.15) is 62.5 Å². The molecule has 0 heterocycles. The zero-order chi connectivity index (χ0) is 20.8. The summed E-state index contributed by atoms with van der Waals surface area (Å²) in [6, 6.07) is 16.6. The summed E-state index contributed by atoms with van der Waals surface area (Å²) in [6.45, 7) is 2.73. The second kappa shape index (κ2) is 9.82. The zero-order valence-corrected chi connectivity index (χ0v) is 18.1. The van der Waals surface area contributed by atoms with E-state index in [0.717, 1.165) is 41.8 Å². The van der Waals surface area contributed by atoms with Gasteiger partial charge in [0, 0.05) is 38.1 Å². The van der Waals surface area contributed by atoms with Gasteiger partial charge in [-0.3, -0.25) is 4.79 Å². The number of nitrogens with zero attached hydrogens (tertiary/aromatic N) is 2. The van der Waals surface area contributed by atoms with Crippen LogP contribution in [0, 0.1) is 0 Å². The van der Waals surface area contributed by atoms with E-state index >= 15 is 0 Å². The van der Waals surface area contributed by atoms with E-state index in [1.807, 2.05) is 44.4 Å². The fourth-order valence-corrected chi connectivity index (χ4v) is 4.57. The maximum atomic E-state index is 13.8. The number of rotatable bonds is 7. The van der Waals surface area contributed by atoms with Gasteiger partial charge in [0.05, 0.1) is 5.92 Å². The molecule has 2 aromatic rings. The first-order valence-electron chi connectivity index (χ1n) is 10.9. The number of benzene rings is 2. The minimum atomic E-state index is -0.0954. The first-order chi connectivity index (χ1) is 14.0. The third-order valence-electron chi connectivity index (χ3n) is 6.13. The van der Waals surface area contributed by atoms with Gasteiger partial charge >= 0.3 is 0 Å². The Labute approximate surface area is 175 Å². The molecular weight excluding hydrogens is 358 g/mol. The maximum Gasteiger partial charge on any atom is 0.230 e. The third kappa shape index (κ3) is 5.11. The van der Waals surface area contributed by atoms with Crippen LogP contribution in [-0.2, 0) is 11.3 Å². The second-order valence-corrected chi connectivity index (χ2v) is 8.41. The van der Waals surface area contributed by atoms with Crippen LogP contribution in [0.25, 0.3) is 0 Å². The molecule has 0 radical (unpaired) electrons. The molecule has 1 unspecified atom stereocenters. The Bertz CT molecular complexity index is 797. The first-order valence-corrected chi connectivity index (χ1v) is 10.9. The Morgan fingerprint density at radius 2 is 1.76 bits per heavy atom. The van der Waals surface area contributed by atoms with Crippen LogP contribution in [0.3, 0.4) is 0 Å². The summed E-state index contributed by atoms with van der Waals surface area (Å²) in [6.07, 6.45) is 6.68. The third-order valence-corrected chi connectivity index (χ3v) is 6.13. The average molecular weight is 394 g/mol. The van der Waals surface area contributed by atoms with Crippen LogP contribution in [0.2, 0.25) is 0 Å². The molecule has 3 rings (SSSR count). The number of hydrogen-bond donors (Lipinski definition) is 1. The van der Waals surface area contributed by atoms with Crippen molar-refractivity contribution in [1.82, 2.24) is 4.90 Å². The molecule has 4 nitrogen and oxygen atoms in total. The molecule has 4 heteroatoms. The van der Waals surface area contributed by atoms with Crippen molar-refractivity contribution in [3.8, 4) is 0 Å². The summed E-state index contributed by atoms with van der Waals surface area (Å²) in [5.41, 5.74) is 10.2. The standard InChI is InChI=1S/C25H35N3O/c1-4-23(19-11-7-5-8-12-19)25(29)28(22-13-9-6-10-14-22)18-20-17-21(26)15-16-24(20)27(2)3/h5,7-8,11-12,15-17,22-23H,4,6,9-10,13-14,18,26H2,1-3H3. The molecule has 1 fully saturated rings. The lowest BCUT2D eigenvalue weighted by atomic mass is 9.90. The Kier molecular flexibility index (Phi) is 7.18. The van der Waals surface area contributed by atoms with Gasteiger partial charge in [-0.25, -0.2) is 0 Å². The quantitative estimate of drug-likeness (QED) is 0.659. The highest BCUT2D eigenvalue weighted by molar-refractivity contribution is 5.84. The highest BCUT2D eigenvalue weighted by Gasteiger charge is 2.31. The molecular formula is C25H35N3O. The SMILES string of the molecule is CCC(C(=O)N(Cc1cc(N)ccc1N(C)C)C1CCCCC1)c1ccccc1. The molecule has 0 spiro atoms. The van der Waals surface area contributed by atoms with Gasteiger partial charge in [-0.05, 0) is 48.6 Å². The van der Waals surface area contributed by atoms with Gasteiger partial charge < -0.3 is 15.5 Å². The Morgan fingerprint density at radius 3 is 2.38 bits per heavy atom. The van der Waals surface area contributed by atoms with Crippen molar-refractivity contribution in [2.75, 3.05) is 24.7 Å². The van der Waals surface area contributed by atoms with E-state index in [-0.39, 0.29) is 11.8 Å². The monoisotopic (exact) mass is 393 g/mol. The van der Waals surface area contributed by atoms with Gasteiger partial charge in [0.1, 0.15) is 0 Å². The van der Waals surface area contributed by atoms with Crippen molar-refractivity contribution in [3.63, 3.8) is 0 Å². The fourth-order valence-electron chi connectivity index (χ4n) is 4.57. The number of nitrogens with two attached hydrogens (primary N) is 1. The highest BCUT2D eigenvalue weighted by atomic mass is 16.2. The topological polar surface area (TPSA) is 49.6 Å². The van der Waals surface area contributed by atoms with Crippen LogP contribution < -0.4 is 10.6 Å². The minimum absolute atomic E-state index is 0.0954. The van der Waals surface area contributed by atoms with Gasteiger partial charge in [0.25, 0.3) is 0 Å². The number of carbonyl (C=O) groups is 1. The molecule has 0 saturated heterocycles. The van der Waals surface area contributed by atoms with E-state index in [1.165, 1.54) is 19.3 Å². The van der Waals surface area contributed by atoms with Crippen molar-refractivity contribution < 1.29 is 4.79 Å². The minimum Gasteiger partial charge on any atom is -0.399 e. The van der Waals surface area contributed by atoms with Crippen LogP contribution in [0.15, 0.2) is 48.5 Å². The molecule has 1 atom stereocenters.